The molecule has 1 aliphatic heterocycles. The van der Waals surface area contributed by atoms with Gasteiger partial charge in [-0.15, -0.1) is 0 Å². The number of fused-ring (bicyclic) bond motifs is 1. The van der Waals surface area contributed by atoms with Crippen LogP contribution >= 0.6 is 23.4 Å². The van der Waals surface area contributed by atoms with Gasteiger partial charge in [0.25, 0.3) is 0 Å². The molecule has 1 N–H and O–H groups in total. The van der Waals surface area contributed by atoms with E-state index in [0.717, 1.165) is 34.7 Å². The molecule has 0 spiro atoms. The average Bonchev–Trinajstić information content (AvgIpc) is 3.36. The lowest BCUT2D eigenvalue weighted by Gasteiger charge is -2.14. The van der Waals surface area contributed by atoms with Crippen LogP contribution in [0, 0.1) is 0 Å². The first-order chi connectivity index (χ1) is 15.5. The number of nitrogens with zero attached hydrogens (tertiary/aromatic N) is 2. The van der Waals surface area contributed by atoms with Crippen molar-refractivity contribution in [1.82, 2.24) is 14.8 Å². The van der Waals surface area contributed by atoms with Crippen LogP contribution < -0.4 is 5.32 Å². The Hall–Kier alpha value is -2.70. The smallest absolute Gasteiger partial charge is 0.244 e. The summed E-state index contributed by atoms with van der Waals surface area (Å²) in [5, 5.41) is 4.72. The van der Waals surface area contributed by atoms with Crippen molar-refractivity contribution in [3.63, 3.8) is 0 Å². The fourth-order valence-electron chi connectivity index (χ4n) is 3.81. The van der Waals surface area contributed by atoms with Crippen LogP contribution in [-0.2, 0) is 16.6 Å². The highest BCUT2D eigenvalue weighted by Crippen LogP contribution is 2.35. The second-order valence-corrected chi connectivity index (χ2v) is 9.42. The predicted molar refractivity (Wildman–Crippen MR) is 131 cm³/mol. The highest BCUT2D eigenvalue weighted by Gasteiger charge is 2.18. The highest BCUT2D eigenvalue weighted by atomic mass is 35.5. The predicted octanol–water partition coefficient (Wildman–Crippen LogP) is 5.12. The van der Waals surface area contributed by atoms with Gasteiger partial charge >= 0.3 is 0 Å². The number of halogens is 1. The van der Waals surface area contributed by atoms with E-state index in [0.29, 0.717) is 24.5 Å². The number of nitrogens with one attached hydrogen (secondary N) is 1. The van der Waals surface area contributed by atoms with Crippen molar-refractivity contribution in [1.29, 1.82) is 0 Å². The minimum Gasteiger partial charge on any atom is -0.352 e. The molecular weight excluding hydrogens is 442 g/mol. The average molecular weight is 468 g/mol. The molecule has 0 bridgehead atoms. The van der Waals surface area contributed by atoms with Crippen LogP contribution in [0.1, 0.15) is 24.8 Å². The molecule has 32 heavy (non-hydrogen) atoms. The molecule has 1 saturated heterocycles. The van der Waals surface area contributed by atoms with Gasteiger partial charge in [0.2, 0.25) is 11.8 Å². The Bertz CT molecular complexity index is 1170. The summed E-state index contributed by atoms with van der Waals surface area (Å²) in [6.07, 6.45) is 7.68. The van der Waals surface area contributed by atoms with E-state index in [4.69, 9.17) is 11.6 Å². The van der Waals surface area contributed by atoms with Crippen LogP contribution in [0.2, 0.25) is 5.02 Å². The molecule has 2 amide bonds. The molecule has 2 heterocycles. The lowest BCUT2D eigenvalue weighted by atomic mass is 10.2. The zero-order valence-corrected chi connectivity index (χ0v) is 19.6. The van der Waals surface area contributed by atoms with E-state index in [1.165, 1.54) is 17.0 Å². The van der Waals surface area contributed by atoms with E-state index < -0.39 is 0 Å². The van der Waals surface area contributed by atoms with Gasteiger partial charge in [-0.25, -0.2) is 0 Å². The Morgan fingerprint density at radius 3 is 2.88 bits per heavy atom. The summed E-state index contributed by atoms with van der Waals surface area (Å²) in [6, 6.07) is 14.3. The molecule has 3 aromatic rings. The minimum atomic E-state index is -0.150. The molecular formula is C25H26ClN3O2S. The van der Waals surface area contributed by atoms with E-state index in [1.54, 1.807) is 17.8 Å². The second-order valence-electron chi connectivity index (χ2n) is 7.90. The molecule has 0 unspecified atom stereocenters. The molecule has 1 aliphatic rings. The first-order valence-electron chi connectivity index (χ1n) is 10.8. The van der Waals surface area contributed by atoms with Crippen LogP contribution in [0.3, 0.4) is 0 Å². The number of aromatic nitrogens is 1. The standard InChI is InChI=1S/C25H26ClN3O2S/c1-28-15-11-19-17-20(7-8-22(19)28)32-23-9-5-18(16-21(23)26)6-10-24(30)27-12-3-14-29-13-2-4-25(29)31/h5-11,15-17H,2-4,12-14H2,1H3,(H,27,30)/b10-6+. The fraction of sp³-hybridized carbons (Fsp3) is 0.280. The maximum Gasteiger partial charge on any atom is 0.244 e. The minimum absolute atomic E-state index is 0.150. The van der Waals surface area contributed by atoms with Gasteiger partial charge in [-0.1, -0.05) is 29.4 Å². The molecule has 0 aliphatic carbocycles. The van der Waals surface area contributed by atoms with Gasteiger partial charge in [0.05, 0.1) is 5.02 Å². The lowest BCUT2D eigenvalue weighted by Crippen LogP contribution is -2.29. The van der Waals surface area contributed by atoms with E-state index in [-0.39, 0.29) is 11.8 Å². The van der Waals surface area contributed by atoms with Gasteiger partial charge < -0.3 is 14.8 Å². The monoisotopic (exact) mass is 467 g/mol. The molecule has 2 aromatic carbocycles. The summed E-state index contributed by atoms with van der Waals surface area (Å²) in [6.45, 7) is 2.09. The van der Waals surface area contributed by atoms with Crippen LogP contribution in [0.5, 0.6) is 0 Å². The van der Waals surface area contributed by atoms with Crippen molar-refractivity contribution in [3.05, 3.63) is 65.3 Å². The number of hydrogen-bond donors (Lipinski definition) is 1. The number of aryl methyl sites for hydroxylation is 1. The second kappa shape index (κ2) is 10.3. The number of carbonyl (C=O) groups excluding carboxylic acids is 2. The molecule has 5 nitrogen and oxygen atoms in total. The molecule has 0 atom stereocenters. The number of carbonyl (C=O) groups is 2. The van der Waals surface area contributed by atoms with E-state index in [9.17, 15) is 9.59 Å². The summed E-state index contributed by atoms with van der Waals surface area (Å²) in [5.74, 6) is 0.0683. The SMILES string of the molecule is Cn1ccc2cc(Sc3ccc(/C=C/C(=O)NCCCN4CCCC4=O)cc3Cl)ccc21. The highest BCUT2D eigenvalue weighted by molar-refractivity contribution is 7.99. The Morgan fingerprint density at radius 2 is 2.09 bits per heavy atom. The maximum atomic E-state index is 12.1. The molecule has 7 heteroatoms. The Balaban J connectivity index is 1.28. The molecule has 1 fully saturated rings. The van der Waals surface area contributed by atoms with Crippen molar-refractivity contribution < 1.29 is 9.59 Å². The topological polar surface area (TPSA) is 54.3 Å². The summed E-state index contributed by atoms with van der Waals surface area (Å²) >= 11 is 8.12. The Kier molecular flexibility index (Phi) is 7.22. The van der Waals surface area contributed by atoms with Crippen molar-refractivity contribution in [2.24, 2.45) is 7.05 Å². The van der Waals surface area contributed by atoms with Crippen molar-refractivity contribution in [3.8, 4) is 0 Å². The van der Waals surface area contributed by atoms with Gasteiger partial charge in [-0.05, 0) is 60.9 Å². The Morgan fingerprint density at radius 1 is 1.22 bits per heavy atom. The van der Waals surface area contributed by atoms with Gasteiger partial charge in [-0.3, -0.25) is 9.59 Å². The normalized spacial score (nSPS) is 14.1. The van der Waals surface area contributed by atoms with Crippen molar-refractivity contribution in [2.45, 2.75) is 29.1 Å². The Labute approximate surface area is 197 Å². The van der Waals surface area contributed by atoms with Crippen molar-refractivity contribution in [2.75, 3.05) is 19.6 Å². The number of benzene rings is 2. The van der Waals surface area contributed by atoms with Gasteiger partial charge in [0.15, 0.2) is 0 Å². The van der Waals surface area contributed by atoms with Crippen LogP contribution in [0.25, 0.3) is 17.0 Å². The lowest BCUT2D eigenvalue weighted by molar-refractivity contribution is -0.127. The molecule has 1 aromatic heterocycles. The summed E-state index contributed by atoms with van der Waals surface area (Å²) in [4.78, 5) is 27.6. The summed E-state index contributed by atoms with van der Waals surface area (Å²) in [5.41, 5.74) is 2.07. The van der Waals surface area contributed by atoms with Crippen LogP contribution in [-0.4, -0.2) is 40.9 Å². The fourth-order valence-corrected chi connectivity index (χ4v) is 4.98. The maximum absolute atomic E-state index is 12.1. The van der Waals surface area contributed by atoms with Gasteiger partial charge in [0, 0.05) is 66.1 Å². The summed E-state index contributed by atoms with van der Waals surface area (Å²) in [7, 11) is 2.04. The zero-order valence-electron chi connectivity index (χ0n) is 18.0. The third-order valence-corrected chi connectivity index (χ3v) is 7.03. The third kappa shape index (κ3) is 5.56. The largest absolute Gasteiger partial charge is 0.352 e. The number of rotatable bonds is 8. The van der Waals surface area contributed by atoms with E-state index in [1.807, 2.05) is 30.1 Å². The quantitative estimate of drug-likeness (QED) is 0.369. The number of likely N-dealkylation sites (tertiary alicyclic amines) is 1. The molecule has 0 saturated carbocycles. The number of amides is 2. The number of hydrogen-bond acceptors (Lipinski definition) is 3. The van der Waals surface area contributed by atoms with Gasteiger partial charge in [0.1, 0.15) is 0 Å². The van der Waals surface area contributed by atoms with E-state index in [2.05, 4.69) is 40.3 Å². The third-order valence-electron chi connectivity index (χ3n) is 5.54. The van der Waals surface area contributed by atoms with Crippen molar-refractivity contribution >= 4 is 52.2 Å². The zero-order chi connectivity index (χ0) is 22.5. The first-order valence-corrected chi connectivity index (χ1v) is 12.0. The summed E-state index contributed by atoms with van der Waals surface area (Å²) < 4.78 is 2.10. The van der Waals surface area contributed by atoms with Gasteiger partial charge in [-0.2, -0.15) is 0 Å². The molecule has 0 radical (unpaired) electrons. The molecule has 166 valence electrons. The van der Waals surface area contributed by atoms with Crippen LogP contribution in [0.15, 0.2) is 64.5 Å². The van der Waals surface area contributed by atoms with E-state index >= 15 is 0 Å². The molecule has 4 rings (SSSR count). The first kappa shape index (κ1) is 22.5. The van der Waals surface area contributed by atoms with Crippen LogP contribution in [0.4, 0.5) is 0 Å².